The van der Waals surface area contributed by atoms with Gasteiger partial charge < -0.3 is 15.0 Å². The molecule has 1 N–H and O–H groups in total. The minimum atomic E-state index is 0.0478. The van der Waals surface area contributed by atoms with Crippen molar-refractivity contribution in [2.24, 2.45) is 0 Å². The van der Waals surface area contributed by atoms with E-state index in [-0.39, 0.29) is 11.8 Å². The molecular weight excluding hydrogens is 306 g/mol. The van der Waals surface area contributed by atoms with Crippen LogP contribution in [-0.2, 0) is 16.0 Å². The van der Waals surface area contributed by atoms with Crippen LogP contribution in [0.1, 0.15) is 19.4 Å². The number of ether oxygens (including phenoxy) is 1. The summed E-state index contributed by atoms with van der Waals surface area (Å²) in [4.78, 5) is 28.0. The molecule has 0 atom stereocenters. The molecule has 1 aromatic carbocycles. The number of benzene rings is 1. The molecule has 2 amide bonds. The summed E-state index contributed by atoms with van der Waals surface area (Å²) < 4.78 is 5.41. The molecule has 6 nitrogen and oxygen atoms in total. The zero-order valence-corrected chi connectivity index (χ0v) is 14.6. The number of nitrogens with zero attached hydrogens (tertiary/aromatic N) is 2. The number of amides is 2. The molecule has 0 bridgehead atoms. The van der Waals surface area contributed by atoms with Crippen LogP contribution >= 0.6 is 0 Å². The molecule has 1 heterocycles. The first kappa shape index (κ1) is 18.3. The third-order valence-corrected chi connectivity index (χ3v) is 4.06. The summed E-state index contributed by atoms with van der Waals surface area (Å²) in [6, 6.07) is 7.68. The third-order valence-electron chi connectivity index (χ3n) is 4.06. The highest BCUT2D eigenvalue weighted by Crippen LogP contribution is 2.13. The van der Waals surface area contributed by atoms with E-state index in [1.807, 2.05) is 43.0 Å². The summed E-state index contributed by atoms with van der Waals surface area (Å²) in [7, 11) is 0. The summed E-state index contributed by atoms with van der Waals surface area (Å²) in [6.07, 6.45) is 0.405. The Balaban J connectivity index is 1.77. The zero-order chi connectivity index (χ0) is 17.4. The standard InChI is InChI=1S/C18H27N3O3/c1-3-19-17(22)14-20-9-11-21(12-10-20)18(23)13-15-5-7-16(8-6-15)24-4-2/h5-8H,3-4,9-14H2,1-2H3,(H,19,22). The van der Waals surface area contributed by atoms with Gasteiger partial charge in [0.1, 0.15) is 5.75 Å². The Bertz CT molecular complexity index is 537. The minimum absolute atomic E-state index is 0.0478. The first-order valence-electron chi connectivity index (χ1n) is 8.61. The molecule has 0 aromatic heterocycles. The van der Waals surface area contributed by atoms with Gasteiger partial charge in [-0.25, -0.2) is 0 Å². The van der Waals surface area contributed by atoms with Crippen LogP contribution in [0.3, 0.4) is 0 Å². The average Bonchev–Trinajstić information content (AvgIpc) is 2.57. The van der Waals surface area contributed by atoms with Crippen molar-refractivity contribution in [2.75, 3.05) is 45.9 Å². The van der Waals surface area contributed by atoms with Crippen LogP contribution in [0.2, 0.25) is 0 Å². The molecule has 1 saturated heterocycles. The fourth-order valence-corrected chi connectivity index (χ4v) is 2.77. The first-order valence-corrected chi connectivity index (χ1v) is 8.61. The summed E-state index contributed by atoms with van der Waals surface area (Å²) in [6.45, 7) is 8.40. The number of nitrogens with one attached hydrogen (secondary N) is 1. The van der Waals surface area contributed by atoms with Gasteiger partial charge in [0.15, 0.2) is 0 Å². The molecule has 0 spiro atoms. The van der Waals surface area contributed by atoms with Gasteiger partial charge in [0.25, 0.3) is 0 Å². The predicted molar refractivity (Wildman–Crippen MR) is 93.0 cm³/mol. The highest BCUT2D eigenvalue weighted by atomic mass is 16.5. The SMILES string of the molecule is CCNC(=O)CN1CCN(C(=O)Cc2ccc(OCC)cc2)CC1. The van der Waals surface area contributed by atoms with Crippen LogP contribution in [0.15, 0.2) is 24.3 Å². The van der Waals surface area contributed by atoms with E-state index in [9.17, 15) is 9.59 Å². The molecule has 0 aliphatic carbocycles. The molecule has 132 valence electrons. The molecule has 0 saturated carbocycles. The topological polar surface area (TPSA) is 61.9 Å². The quantitative estimate of drug-likeness (QED) is 0.806. The molecule has 0 unspecified atom stereocenters. The first-order chi connectivity index (χ1) is 11.6. The lowest BCUT2D eigenvalue weighted by Gasteiger charge is -2.34. The van der Waals surface area contributed by atoms with Crippen LogP contribution < -0.4 is 10.1 Å². The highest BCUT2D eigenvalue weighted by molar-refractivity contribution is 5.79. The maximum atomic E-state index is 12.4. The number of likely N-dealkylation sites (N-methyl/N-ethyl adjacent to an activating group) is 1. The van der Waals surface area contributed by atoms with Crippen LogP contribution in [0.4, 0.5) is 0 Å². The molecule has 1 aliphatic heterocycles. The van der Waals surface area contributed by atoms with Gasteiger partial charge in [-0.3, -0.25) is 14.5 Å². The van der Waals surface area contributed by atoms with E-state index in [1.54, 1.807) is 0 Å². The number of hydrogen-bond donors (Lipinski definition) is 1. The Morgan fingerprint density at radius 1 is 1.08 bits per heavy atom. The molecule has 0 radical (unpaired) electrons. The van der Waals surface area contributed by atoms with Crippen LogP contribution in [-0.4, -0.2) is 67.5 Å². The van der Waals surface area contributed by atoms with Crippen LogP contribution in [0.5, 0.6) is 5.75 Å². The molecule has 6 heteroatoms. The van der Waals surface area contributed by atoms with E-state index < -0.39 is 0 Å². The van der Waals surface area contributed by atoms with Crippen molar-refractivity contribution in [1.29, 1.82) is 0 Å². The van der Waals surface area contributed by atoms with E-state index in [0.717, 1.165) is 24.4 Å². The van der Waals surface area contributed by atoms with Crippen LogP contribution in [0, 0.1) is 0 Å². The number of piperazine rings is 1. The van der Waals surface area contributed by atoms with Gasteiger partial charge in [-0.1, -0.05) is 12.1 Å². The Labute approximate surface area is 143 Å². The molecule has 2 rings (SSSR count). The second kappa shape index (κ2) is 9.27. The minimum Gasteiger partial charge on any atom is -0.494 e. The number of rotatable bonds is 7. The summed E-state index contributed by atoms with van der Waals surface area (Å²) in [5.74, 6) is 1.01. The van der Waals surface area contributed by atoms with Crippen molar-refractivity contribution in [3.8, 4) is 5.75 Å². The Kier molecular flexibility index (Phi) is 7.06. The van der Waals surface area contributed by atoms with Gasteiger partial charge in [0, 0.05) is 32.7 Å². The fraction of sp³-hybridized carbons (Fsp3) is 0.556. The molecule has 24 heavy (non-hydrogen) atoms. The lowest BCUT2D eigenvalue weighted by atomic mass is 10.1. The van der Waals surface area contributed by atoms with Crippen molar-refractivity contribution in [3.05, 3.63) is 29.8 Å². The normalized spacial score (nSPS) is 15.2. The van der Waals surface area contributed by atoms with Crippen molar-refractivity contribution in [1.82, 2.24) is 15.1 Å². The van der Waals surface area contributed by atoms with E-state index in [2.05, 4.69) is 10.2 Å². The van der Waals surface area contributed by atoms with Gasteiger partial charge in [0.05, 0.1) is 19.6 Å². The van der Waals surface area contributed by atoms with E-state index in [0.29, 0.717) is 39.2 Å². The number of carbonyl (C=O) groups is 2. The fourth-order valence-electron chi connectivity index (χ4n) is 2.77. The third kappa shape index (κ3) is 5.53. The maximum absolute atomic E-state index is 12.4. The molecular formula is C18H27N3O3. The maximum Gasteiger partial charge on any atom is 0.234 e. The van der Waals surface area contributed by atoms with Gasteiger partial charge in [-0.05, 0) is 31.5 Å². The smallest absolute Gasteiger partial charge is 0.234 e. The summed E-state index contributed by atoms with van der Waals surface area (Å²) in [5.41, 5.74) is 0.994. The van der Waals surface area contributed by atoms with E-state index in [1.165, 1.54) is 0 Å². The van der Waals surface area contributed by atoms with Gasteiger partial charge in [-0.2, -0.15) is 0 Å². The average molecular weight is 333 g/mol. The highest BCUT2D eigenvalue weighted by Gasteiger charge is 2.22. The van der Waals surface area contributed by atoms with Crippen molar-refractivity contribution in [2.45, 2.75) is 20.3 Å². The Hall–Kier alpha value is -2.08. The second-order valence-electron chi connectivity index (χ2n) is 5.86. The van der Waals surface area contributed by atoms with Crippen molar-refractivity contribution in [3.63, 3.8) is 0 Å². The number of carbonyl (C=O) groups excluding carboxylic acids is 2. The Morgan fingerprint density at radius 2 is 1.75 bits per heavy atom. The largest absolute Gasteiger partial charge is 0.494 e. The van der Waals surface area contributed by atoms with E-state index in [4.69, 9.17) is 4.74 Å². The van der Waals surface area contributed by atoms with Crippen molar-refractivity contribution < 1.29 is 14.3 Å². The zero-order valence-electron chi connectivity index (χ0n) is 14.6. The van der Waals surface area contributed by atoms with Gasteiger partial charge >= 0.3 is 0 Å². The molecule has 1 aromatic rings. The number of hydrogen-bond acceptors (Lipinski definition) is 4. The summed E-state index contributed by atoms with van der Waals surface area (Å²) in [5, 5.41) is 2.80. The monoisotopic (exact) mass is 333 g/mol. The predicted octanol–water partition coefficient (Wildman–Crippen LogP) is 0.908. The van der Waals surface area contributed by atoms with E-state index >= 15 is 0 Å². The van der Waals surface area contributed by atoms with Crippen LogP contribution in [0.25, 0.3) is 0 Å². The summed E-state index contributed by atoms with van der Waals surface area (Å²) >= 11 is 0. The van der Waals surface area contributed by atoms with Crippen molar-refractivity contribution >= 4 is 11.8 Å². The Morgan fingerprint density at radius 3 is 2.33 bits per heavy atom. The van der Waals surface area contributed by atoms with Gasteiger partial charge in [-0.15, -0.1) is 0 Å². The second-order valence-corrected chi connectivity index (χ2v) is 5.86. The molecule has 1 fully saturated rings. The lowest BCUT2D eigenvalue weighted by molar-refractivity contribution is -0.132. The molecule has 1 aliphatic rings. The lowest BCUT2D eigenvalue weighted by Crippen LogP contribution is -2.51. The van der Waals surface area contributed by atoms with Gasteiger partial charge in [0.2, 0.25) is 11.8 Å².